The van der Waals surface area contributed by atoms with E-state index in [1.165, 1.54) is 4.31 Å². The largest absolute Gasteiger partial charge is 0.301 e. The van der Waals surface area contributed by atoms with Gasteiger partial charge in [0.05, 0.1) is 12.2 Å². The van der Waals surface area contributed by atoms with Gasteiger partial charge in [0.1, 0.15) is 6.29 Å². The minimum absolute atomic E-state index is 0.108. The van der Waals surface area contributed by atoms with Crippen molar-refractivity contribution in [1.29, 1.82) is 0 Å². The maximum absolute atomic E-state index is 11.6. The molecule has 1 unspecified atom stereocenters. The lowest BCUT2D eigenvalue weighted by atomic mass is 10.2. The topological polar surface area (TPSA) is 49.4 Å². The highest BCUT2D eigenvalue weighted by Gasteiger charge is 2.11. The molecule has 0 radical (unpaired) electrons. The van der Waals surface area contributed by atoms with E-state index in [-0.39, 0.29) is 6.54 Å². The van der Waals surface area contributed by atoms with E-state index in [0.29, 0.717) is 0 Å². The third-order valence-corrected chi connectivity index (χ3v) is 3.05. The summed E-state index contributed by atoms with van der Waals surface area (Å²) < 4.78 is 15.6. The normalized spacial score (nSPS) is 12.1. The Morgan fingerprint density at radius 3 is 2.47 bits per heavy atom. The quantitative estimate of drug-likeness (QED) is 0.755. The Balaban J connectivity index is 2.93. The number of hydrogen-bond donors (Lipinski definition) is 1. The van der Waals surface area contributed by atoms with Crippen LogP contribution in [0.15, 0.2) is 24.3 Å². The SMILES string of the molecule is CNS(=O)N(CC=O)c1ccc(C)cc1. The van der Waals surface area contributed by atoms with Crippen molar-refractivity contribution >= 4 is 23.1 Å². The van der Waals surface area contributed by atoms with Gasteiger partial charge in [-0.25, -0.2) is 8.93 Å². The smallest absolute Gasteiger partial charge is 0.196 e. The molecule has 15 heavy (non-hydrogen) atoms. The van der Waals surface area contributed by atoms with Crippen LogP contribution in [0.25, 0.3) is 0 Å². The number of carbonyl (C=O) groups is 1. The summed E-state index contributed by atoms with van der Waals surface area (Å²) in [6.45, 7) is 2.08. The fraction of sp³-hybridized carbons (Fsp3) is 0.300. The van der Waals surface area contributed by atoms with Crippen molar-refractivity contribution in [3.05, 3.63) is 29.8 Å². The first-order chi connectivity index (χ1) is 7.19. The molecule has 0 fully saturated rings. The summed E-state index contributed by atoms with van der Waals surface area (Å²) in [4.78, 5) is 10.5. The molecule has 4 nitrogen and oxygen atoms in total. The van der Waals surface area contributed by atoms with Gasteiger partial charge in [-0.15, -0.1) is 0 Å². The Labute approximate surface area is 92.0 Å². The number of nitrogens with one attached hydrogen (secondary N) is 1. The number of nitrogens with zero attached hydrogens (tertiary/aromatic N) is 1. The maximum Gasteiger partial charge on any atom is 0.196 e. The summed E-state index contributed by atoms with van der Waals surface area (Å²) >= 11 is -1.37. The van der Waals surface area contributed by atoms with E-state index < -0.39 is 11.2 Å². The lowest BCUT2D eigenvalue weighted by Crippen LogP contribution is -2.34. The van der Waals surface area contributed by atoms with Gasteiger partial charge in [-0.3, -0.25) is 4.31 Å². The van der Waals surface area contributed by atoms with Crippen LogP contribution in [0.3, 0.4) is 0 Å². The molecule has 1 atom stereocenters. The fourth-order valence-electron chi connectivity index (χ4n) is 1.16. The first-order valence-corrected chi connectivity index (χ1v) is 5.67. The highest BCUT2D eigenvalue weighted by atomic mass is 32.2. The van der Waals surface area contributed by atoms with Crippen LogP contribution in [0.5, 0.6) is 0 Å². The van der Waals surface area contributed by atoms with Crippen LogP contribution in [-0.2, 0) is 16.0 Å². The monoisotopic (exact) mass is 226 g/mol. The zero-order chi connectivity index (χ0) is 11.3. The number of benzene rings is 1. The Morgan fingerprint density at radius 2 is 2.00 bits per heavy atom. The Morgan fingerprint density at radius 1 is 1.40 bits per heavy atom. The van der Waals surface area contributed by atoms with E-state index in [2.05, 4.69) is 4.72 Å². The summed E-state index contributed by atoms with van der Waals surface area (Å²) in [5.74, 6) is 0. The van der Waals surface area contributed by atoms with E-state index >= 15 is 0 Å². The molecule has 0 aliphatic carbocycles. The van der Waals surface area contributed by atoms with Gasteiger partial charge in [0, 0.05) is 0 Å². The number of rotatable bonds is 5. The molecule has 0 aromatic heterocycles. The molecular weight excluding hydrogens is 212 g/mol. The average Bonchev–Trinajstić information content (AvgIpc) is 2.26. The Bertz CT molecular complexity index is 351. The molecule has 5 heteroatoms. The van der Waals surface area contributed by atoms with Crippen LogP contribution >= 0.6 is 0 Å². The van der Waals surface area contributed by atoms with Crippen LogP contribution in [0.1, 0.15) is 5.56 Å². The van der Waals surface area contributed by atoms with Gasteiger partial charge in [0.25, 0.3) is 0 Å². The summed E-state index contributed by atoms with van der Waals surface area (Å²) in [7, 11) is 1.59. The van der Waals surface area contributed by atoms with Crippen molar-refractivity contribution in [2.24, 2.45) is 0 Å². The predicted molar refractivity (Wildman–Crippen MR) is 61.8 cm³/mol. The van der Waals surface area contributed by atoms with Crippen LogP contribution in [-0.4, -0.2) is 24.1 Å². The molecule has 1 rings (SSSR count). The molecule has 0 saturated heterocycles. The van der Waals surface area contributed by atoms with Crippen LogP contribution in [0.2, 0.25) is 0 Å². The molecule has 0 saturated carbocycles. The average molecular weight is 226 g/mol. The fourth-order valence-corrected chi connectivity index (χ4v) is 1.89. The van der Waals surface area contributed by atoms with Crippen molar-refractivity contribution in [1.82, 2.24) is 4.72 Å². The van der Waals surface area contributed by atoms with E-state index in [0.717, 1.165) is 17.5 Å². The van der Waals surface area contributed by atoms with Gasteiger partial charge in [0.2, 0.25) is 0 Å². The van der Waals surface area contributed by atoms with E-state index in [4.69, 9.17) is 0 Å². The lowest BCUT2D eigenvalue weighted by Gasteiger charge is -2.19. The molecule has 0 spiro atoms. The van der Waals surface area contributed by atoms with Gasteiger partial charge in [-0.05, 0) is 26.1 Å². The van der Waals surface area contributed by atoms with Crippen LogP contribution in [0.4, 0.5) is 5.69 Å². The number of aldehydes is 1. The Hall–Kier alpha value is -1.20. The first kappa shape index (κ1) is 11.9. The molecular formula is C10H14N2O2S. The van der Waals surface area contributed by atoms with Gasteiger partial charge < -0.3 is 4.79 Å². The first-order valence-electron chi connectivity index (χ1n) is 4.56. The van der Waals surface area contributed by atoms with Crippen LogP contribution < -0.4 is 9.03 Å². The maximum atomic E-state index is 11.6. The molecule has 0 aliphatic rings. The third-order valence-electron chi connectivity index (χ3n) is 1.94. The van der Waals surface area contributed by atoms with Gasteiger partial charge in [0.15, 0.2) is 11.2 Å². The molecule has 0 heterocycles. The minimum atomic E-state index is -1.37. The molecule has 1 aromatic rings. The second-order valence-electron chi connectivity index (χ2n) is 3.02. The predicted octanol–water partition coefficient (Wildman–Crippen LogP) is 0.798. The second kappa shape index (κ2) is 5.63. The molecule has 82 valence electrons. The number of aryl methyl sites for hydroxylation is 1. The molecule has 0 aliphatic heterocycles. The molecule has 0 bridgehead atoms. The van der Waals surface area contributed by atoms with Crippen molar-refractivity contribution in [2.75, 3.05) is 17.9 Å². The number of hydrogen-bond acceptors (Lipinski definition) is 2. The third kappa shape index (κ3) is 3.14. The lowest BCUT2D eigenvalue weighted by molar-refractivity contribution is -0.106. The van der Waals surface area contributed by atoms with Crippen LogP contribution in [0, 0.1) is 6.92 Å². The van der Waals surface area contributed by atoms with Gasteiger partial charge in [-0.1, -0.05) is 17.7 Å². The molecule has 0 amide bonds. The van der Waals surface area contributed by atoms with E-state index in [1.54, 1.807) is 7.05 Å². The highest BCUT2D eigenvalue weighted by molar-refractivity contribution is 7.84. The molecule has 1 aromatic carbocycles. The minimum Gasteiger partial charge on any atom is -0.301 e. The van der Waals surface area contributed by atoms with Crippen molar-refractivity contribution in [2.45, 2.75) is 6.92 Å². The van der Waals surface area contributed by atoms with E-state index in [9.17, 15) is 9.00 Å². The van der Waals surface area contributed by atoms with Crippen molar-refractivity contribution in [3.8, 4) is 0 Å². The summed E-state index contributed by atoms with van der Waals surface area (Å²) in [5, 5.41) is 0. The standard InChI is InChI=1S/C10H14N2O2S/c1-9-3-5-10(6-4-9)12(7-8-13)15(14)11-2/h3-6,8,11H,7H2,1-2H3. The summed E-state index contributed by atoms with van der Waals surface area (Å²) in [5.41, 5.74) is 1.89. The molecule has 1 N–H and O–H groups in total. The van der Waals surface area contributed by atoms with E-state index in [1.807, 2.05) is 31.2 Å². The van der Waals surface area contributed by atoms with Crippen molar-refractivity contribution < 1.29 is 9.00 Å². The van der Waals surface area contributed by atoms with Gasteiger partial charge >= 0.3 is 0 Å². The summed E-state index contributed by atoms with van der Waals surface area (Å²) in [6.07, 6.45) is 0.731. The van der Waals surface area contributed by atoms with Crippen molar-refractivity contribution in [3.63, 3.8) is 0 Å². The number of anilines is 1. The highest BCUT2D eigenvalue weighted by Crippen LogP contribution is 2.15. The number of carbonyl (C=O) groups excluding carboxylic acids is 1. The second-order valence-corrected chi connectivity index (χ2v) is 4.36. The van der Waals surface area contributed by atoms with Gasteiger partial charge in [-0.2, -0.15) is 0 Å². The zero-order valence-electron chi connectivity index (χ0n) is 8.77. The Kier molecular flexibility index (Phi) is 4.45. The summed E-state index contributed by atoms with van der Waals surface area (Å²) in [6, 6.07) is 7.52. The zero-order valence-corrected chi connectivity index (χ0v) is 9.58.